The van der Waals surface area contributed by atoms with Gasteiger partial charge in [0.1, 0.15) is 22.3 Å². The molecule has 8 nitrogen and oxygen atoms in total. The summed E-state index contributed by atoms with van der Waals surface area (Å²) in [6, 6.07) is 3.40. The van der Waals surface area contributed by atoms with Crippen LogP contribution in [0.25, 0.3) is 16.0 Å². The Kier molecular flexibility index (Phi) is 5.69. The van der Waals surface area contributed by atoms with Crippen LogP contribution in [0, 0.1) is 11.6 Å². The fourth-order valence-corrected chi connectivity index (χ4v) is 5.00. The van der Waals surface area contributed by atoms with E-state index in [4.69, 9.17) is 4.74 Å². The van der Waals surface area contributed by atoms with E-state index in [0.717, 1.165) is 32.6 Å². The second-order valence-electron chi connectivity index (χ2n) is 6.44. The molecule has 0 atom stereocenters. The Labute approximate surface area is 185 Å². The van der Waals surface area contributed by atoms with Gasteiger partial charge in [-0.3, -0.25) is 20.2 Å². The molecule has 0 saturated heterocycles. The second kappa shape index (κ2) is 8.29. The lowest BCUT2D eigenvalue weighted by Gasteiger charge is -2.20. The maximum absolute atomic E-state index is 14.3. The SMILES string of the molecule is COC1=CC=C(n2c(=O)c3c(CO)c(Br)sc3n(Cc3c(F)cccc3F)c2=O)NN1. The highest BCUT2D eigenvalue weighted by molar-refractivity contribution is 9.11. The average Bonchev–Trinajstić information content (AvgIpc) is 3.09. The molecule has 162 valence electrons. The summed E-state index contributed by atoms with van der Waals surface area (Å²) in [5, 5.41) is 9.86. The van der Waals surface area contributed by atoms with Gasteiger partial charge in [0.15, 0.2) is 0 Å². The van der Waals surface area contributed by atoms with Crippen LogP contribution in [0.5, 0.6) is 0 Å². The molecule has 0 bridgehead atoms. The van der Waals surface area contributed by atoms with Gasteiger partial charge in [0, 0.05) is 17.2 Å². The quantitative estimate of drug-likeness (QED) is 0.484. The number of hydrogen-bond acceptors (Lipinski definition) is 7. The van der Waals surface area contributed by atoms with E-state index in [-0.39, 0.29) is 27.2 Å². The summed E-state index contributed by atoms with van der Waals surface area (Å²) in [5.74, 6) is -1.21. The summed E-state index contributed by atoms with van der Waals surface area (Å²) in [7, 11) is 1.43. The van der Waals surface area contributed by atoms with Crippen LogP contribution < -0.4 is 22.1 Å². The molecule has 0 amide bonds. The van der Waals surface area contributed by atoms with Crippen LogP contribution in [0.1, 0.15) is 11.1 Å². The lowest BCUT2D eigenvalue weighted by Crippen LogP contribution is -2.46. The molecule has 1 aliphatic heterocycles. The zero-order valence-corrected chi connectivity index (χ0v) is 18.3. The standard InChI is InChI=1S/C19H15BrF2N4O4S/c1-30-14-6-5-13(23-24-14)26-17(28)15-10(8-27)16(20)31-18(15)25(19(26)29)7-9-11(21)3-2-4-12(9)22/h2-6,23-24,27H,7-8H2,1H3. The van der Waals surface area contributed by atoms with Gasteiger partial charge in [-0.15, -0.1) is 11.3 Å². The van der Waals surface area contributed by atoms with Crippen LogP contribution in [0.4, 0.5) is 8.78 Å². The lowest BCUT2D eigenvalue weighted by molar-refractivity contribution is 0.252. The molecule has 1 aromatic carbocycles. The third-order valence-electron chi connectivity index (χ3n) is 4.73. The van der Waals surface area contributed by atoms with Gasteiger partial charge in [0.05, 0.1) is 29.4 Å². The van der Waals surface area contributed by atoms with Crippen LogP contribution >= 0.6 is 27.3 Å². The second-order valence-corrected chi connectivity index (χ2v) is 8.76. The third kappa shape index (κ3) is 3.56. The van der Waals surface area contributed by atoms with Gasteiger partial charge in [-0.2, -0.15) is 0 Å². The van der Waals surface area contributed by atoms with Gasteiger partial charge in [0.25, 0.3) is 5.56 Å². The van der Waals surface area contributed by atoms with E-state index < -0.39 is 36.0 Å². The first-order chi connectivity index (χ1) is 14.9. The summed E-state index contributed by atoms with van der Waals surface area (Å²) in [5.41, 5.74) is 3.82. The Morgan fingerprint density at radius 2 is 1.87 bits per heavy atom. The van der Waals surface area contributed by atoms with E-state index in [9.17, 15) is 23.5 Å². The number of nitrogens with zero attached hydrogens (tertiary/aromatic N) is 2. The molecule has 3 heterocycles. The fraction of sp³-hybridized carbons (Fsp3) is 0.158. The monoisotopic (exact) mass is 512 g/mol. The highest BCUT2D eigenvalue weighted by atomic mass is 79.9. The first kappa shape index (κ1) is 21.3. The number of benzene rings is 1. The molecule has 3 N–H and O–H groups in total. The number of thiophene rings is 1. The minimum atomic E-state index is -0.819. The van der Waals surface area contributed by atoms with Crippen molar-refractivity contribution in [3.63, 3.8) is 0 Å². The zero-order chi connectivity index (χ0) is 22.3. The van der Waals surface area contributed by atoms with E-state index in [1.165, 1.54) is 25.3 Å². The molecular weight excluding hydrogens is 498 g/mol. The predicted molar refractivity (Wildman–Crippen MR) is 115 cm³/mol. The minimum Gasteiger partial charge on any atom is -0.481 e. The van der Waals surface area contributed by atoms with Crippen molar-refractivity contribution in [3.8, 4) is 0 Å². The van der Waals surface area contributed by atoms with E-state index >= 15 is 0 Å². The van der Waals surface area contributed by atoms with Crippen LogP contribution in [-0.2, 0) is 17.9 Å². The molecule has 0 fully saturated rings. The third-order valence-corrected chi connectivity index (χ3v) is 6.73. The summed E-state index contributed by atoms with van der Waals surface area (Å²) in [6.07, 6.45) is 2.94. The highest BCUT2D eigenvalue weighted by Crippen LogP contribution is 2.33. The van der Waals surface area contributed by atoms with Gasteiger partial charge < -0.3 is 9.84 Å². The number of fused-ring (bicyclic) bond motifs is 1. The fourth-order valence-electron chi connectivity index (χ4n) is 3.19. The molecule has 3 aromatic rings. The van der Waals surface area contributed by atoms with Crippen LogP contribution in [-0.4, -0.2) is 21.4 Å². The molecule has 0 saturated carbocycles. The molecular formula is C19H15BrF2N4O4S. The summed E-state index contributed by atoms with van der Waals surface area (Å²) in [6.45, 7) is -0.924. The minimum absolute atomic E-state index is 0.0694. The number of allylic oxidation sites excluding steroid dienone is 2. The number of methoxy groups -OCH3 is 1. The van der Waals surface area contributed by atoms with Crippen molar-refractivity contribution in [3.05, 3.63) is 83.6 Å². The molecule has 1 aliphatic rings. The smallest absolute Gasteiger partial charge is 0.338 e. The number of aromatic nitrogens is 2. The normalized spacial score (nSPS) is 13.5. The van der Waals surface area contributed by atoms with Gasteiger partial charge in [0.2, 0.25) is 5.88 Å². The maximum Gasteiger partial charge on any atom is 0.338 e. The van der Waals surface area contributed by atoms with E-state index in [2.05, 4.69) is 26.8 Å². The number of halogens is 3. The Balaban J connectivity index is 2.04. The van der Waals surface area contributed by atoms with E-state index in [1.807, 2.05) is 0 Å². The Morgan fingerprint density at radius 1 is 1.16 bits per heavy atom. The van der Waals surface area contributed by atoms with Crippen molar-refractivity contribution < 1.29 is 18.6 Å². The van der Waals surface area contributed by atoms with Crippen molar-refractivity contribution in [1.29, 1.82) is 0 Å². The Morgan fingerprint density at radius 3 is 2.45 bits per heavy atom. The van der Waals surface area contributed by atoms with Crippen molar-refractivity contribution >= 4 is 43.3 Å². The largest absolute Gasteiger partial charge is 0.481 e. The molecule has 0 unspecified atom stereocenters. The molecule has 0 spiro atoms. The van der Waals surface area contributed by atoms with Gasteiger partial charge >= 0.3 is 5.69 Å². The number of ether oxygens (including phenoxy) is 1. The van der Waals surface area contributed by atoms with Gasteiger partial charge in [-0.05, 0) is 34.1 Å². The van der Waals surface area contributed by atoms with Crippen molar-refractivity contribution in [1.82, 2.24) is 20.0 Å². The van der Waals surface area contributed by atoms with Gasteiger partial charge in [-0.25, -0.2) is 18.1 Å². The maximum atomic E-state index is 14.3. The molecule has 2 aromatic heterocycles. The first-order valence-corrected chi connectivity index (χ1v) is 10.5. The molecule has 0 radical (unpaired) electrons. The molecule has 12 heteroatoms. The number of rotatable bonds is 5. The zero-order valence-electron chi connectivity index (χ0n) is 15.9. The van der Waals surface area contributed by atoms with Crippen LogP contribution in [0.2, 0.25) is 0 Å². The van der Waals surface area contributed by atoms with Crippen LogP contribution in [0.3, 0.4) is 0 Å². The molecule has 0 aliphatic carbocycles. The number of aliphatic hydroxyl groups is 1. The van der Waals surface area contributed by atoms with Crippen molar-refractivity contribution in [2.45, 2.75) is 13.2 Å². The average molecular weight is 513 g/mol. The molecule has 31 heavy (non-hydrogen) atoms. The Bertz CT molecular complexity index is 1360. The summed E-state index contributed by atoms with van der Waals surface area (Å²) in [4.78, 5) is 26.8. The van der Waals surface area contributed by atoms with Gasteiger partial charge in [-0.1, -0.05) is 6.07 Å². The summed E-state index contributed by atoms with van der Waals surface area (Å²) < 4.78 is 36.0. The number of hydrazine groups is 1. The Hall–Kier alpha value is -2.96. The summed E-state index contributed by atoms with van der Waals surface area (Å²) >= 11 is 4.32. The van der Waals surface area contributed by atoms with Crippen LogP contribution in [0.15, 0.2) is 49.6 Å². The van der Waals surface area contributed by atoms with E-state index in [0.29, 0.717) is 9.67 Å². The lowest BCUT2D eigenvalue weighted by atomic mass is 10.2. The highest BCUT2D eigenvalue weighted by Gasteiger charge is 2.24. The number of hydrogen-bond donors (Lipinski definition) is 3. The first-order valence-electron chi connectivity index (χ1n) is 8.86. The van der Waals surface area contributed by atoms with Crippen molar-refractivity contribution in [2.75, 3.05) is 7.11 Å². The topological polar surface area (TPSA) is 97.5 Å². The predicted octanol–water partition coefficient (Wildman–Crippen LogP) is 2.20. The molecule has 4 rings (SSSR count). The van der Waals surface area contributed by atoms with E-state index in [1.54, 1.807) is 0 Å². The number of nitrogens with one attached hydrogen (secondary N) is 2. The van der Waals surface area contributed by atoms with Crippen molar-refractivity contribution in [2.24, 2.45) is 0 Å². The number of aliphatic hydroxyl groups excluding tert-OH is 1.